The molecule has 1 heterocycles. The van der Waals surface area contributed by atoms with Crippen LogP contribution in [-0.4, -0.2) is 24.3 Å². The Labute approximate surface area is 75.7 Å². The predicted molar refractivity (Wildman–Crippen MR) is 51.3 cm³/mol. The fourth-order valence-electron chi connectivity index (χ4n) is 1.74. The molecule has 0 amide bonds. The molecule has 1 N–H and O–H groups in total. The van der Waals surface area contributed by atoms with Crippen molar-refractivity contribution in [2.24, 2.45) is 0 Å². The van der Waals surface area contributed by atoms with Gasteiger partial charge in [0.2, 0.25) is 0 Å². The molecule has 0 spiro atoms. The smallest absolute Gasteiger partial charge is 0.0698 e. The molecule has 2 unspecified atom stereocenters. The Morgan fingerprint density at radius 2 is 1.92 bits per heavy atom. The first-order valence-corrected chi connectivity index (χ1v) is 5.03. The van der Waals surface area contributed by atoms with Crippen LogP contribution in [0.2, 0.25) is 0 Å². The van der Waals surface area contributed by atoms with E-state index in [0.717, 1.165) is 19.4 Å². The average molecular weight is 171 g/mol. The number of nitrogens with one attached hydrogen (secondary N) is 1. The molecule has 1 aliphatic heterocycles. The van der Waals surface area contributed by atoms with Crippen LogP contribution in [0.5, 0.6) is 0 Å². The third kappa shape index (κ3) is 1.80. The second-order valence-electron chi connectivity index (χ2n) is 3.94. The lowest BCUT2D eigenvalue weighted by Gasteiger charge is -2.43. The van der Waals surface area contributed by atoms with Crippen molar-refractivity contribution in [1.29, 1.82) is 0 Å². The molecule has 0 aromatic carbocycles. The highest BCUT2D eigenvalue weighted by atomic mass is 16.5. The third-order valence-electron chi connectivity index (χ3n) is 3.21. The summed E-state index contributed by atoms with van der Waals surface area (Å²) < 4.78 is 5.73. The zero-order valence-electron chi connectivity index (χ0n) is 8.68. The van der Waals surface area contributed by atoms with E-state index in [4.69, 9.17) is 4.74 Å². The fourth-order valence-corrected chi connectivity index (χ4v) is 1.74. The van der Waals surface area contributed by atoms with Crippen molar-refractivity contribution in [3.63, 3.8) is 0 Å². The molecule has 0 saturated carbocycles. The minimum absolute atomic E-state index is 0.242. The lowest BCUT2D eigenvalue weighted by atomic mass is 9.90. The molecule has 1 saturated heterocycles. The number of ether oxygens (including phenoxy) is 1. The van der Waals surface area contributed by atoms with Gasteiger partial charge in [0.15, 0.2) is 0 Å². The van der Waals surface area contributed by atoms with Gasteiger partial charge in [-0.15, -0.1) is 0 Å². The molecule has 1 rings (SSSR count). The summed E-state index contributed by atoms with van der Waals surface area (Å²) in [7, 11) is 0. The molecule has 72 valence electrons. The van der Waals surface area contributed by atoms with E-state index in [1.165, 1.54) is 0 Å². The summed E-state index contributed by atoms with van der Waals surface area (Å²) in [6.45, 7) is 9.65. The Morgan fingerprint density at radius 3 is 2.33 bits per heavy atom. The Morgan fingerprint density at radius 1 is 1.33 bits per heavy atom. The molecular formula is C10H21NO. The van der Waals surface area contributed by atoms with E-state index >= 15 is 0 Å². The van der Waals surface area contributed by atoms with Crippen LogP contribution in [0.4, 0.5) is 0 Å². The average Bonchev–Trinajstić information content (AvgIpc) is 2.10. The highest BCUT2D eigenvalue weighted by Gasteiger charge is 2.34. The monoisotopic (exact) mass is 171 g/mol. The van der Waals surface area contributed by atoms with Gasteiger partial charge in [-0.05, 0) is 26.7 Å². The second kappa shape index (κ2) is 3.75. The van der Waals surface area contributed by atoms with Gasteiger partial charge in [0.25, 0.3) is 0 Å². The van der Waals surface area contributed by atoms with Gasteiger partial charge in [-0.2, -0.15) is 0 Å². The van der Waals surface area contributed by atoms with Crippen molar-refractivity contribution in [3.05, 3.63) is 0 Å². The first kappa shape index (κ1) is 10.0. The standard InChI is InChI=1S/C10H21NO/c1-5-10(6-2)7-12-9(4)8(3)11-10/h8-9,11H,5-7H2,1-4H3. The Balaban J connectivity index is 2.58. The van der Waals surface area contributed by atoms with E-state index in [2.05, 4.69) is 33.0 Å². The molecule has 0 aliphatic carbocycles. The van der Waals surface area contributed by atoms with Crippen LogP contribution in [0.3, 0.4) is 0 Å². The van der Waals surface area contributed by atoms with Crippen LogP contribution in [0.1, 0.15) is 40.5 Å². The molecule has 0 radical (unpaired) electrons. The molecule has 0 aromatic rings. The van der Waals surface area contributed by atoms with E-state index in [1.54, 1.807) is 0 Å². The van der Waals surface area contributed by atoms with Crippen molar-refractivity contribution in [2.45, 2.75) is 58.2 Å². The molecule has 0 aromatic heterocycles. The minimum Gasteiger partial charge on any atom is -0.375 e. The quantitative estimate of drug-likeness (QED) is 0.685. The van der Waals surface area contributed by atoms with Gasteiger partial charge < -0.3 is 10.1 Å². The Kier molecular flexibility index (Phi) is 3.13. The van der Waals surface area contributed by atoms with Crippen molar-refractivity contribution in [2.75, 3.05) is 6.61 Å². The first-order valence-electron chi connectivity index (χ1n) is 5.03. The number of morpholine rings is 1. The van der Waals surface area contributed by atoms with Crippen LogP contribution in [0.15, 0.2) is 0 Å². The third-order valence-corrected chi connectivity index (χ3v) is 3.21. The van der Waals surface area contributed by atoms with Crippen LogP contribution in [0.25, 0.3) is 0 Å². The van der Waals surface area contributed by atoms with Gasteiger partial charge in [-0.25, -0.2) is 0 Å². The summed E-state index contributed by atoms with van der Waals surface area (Å²) in [5.74, 6) is 0. The van der Waals surface area contributed by atoms with E-state index in [-0.39, 0.29) is 5.54 Å². The molecular weight excluding hydrogens is 150 g/mol. The summed E-state index contributed by atoms with van der Waals surface area (Å²) in [6.07, 6.45) is 2.66. The lowest BCUT2D eigenvalue weighted by molar-refractivity contribution is -0.0519. The van der Waals surface area contributed by atoms with E-state index in [1.807, 2.05) is 0 Å². The molecule has 1 fully saturated rings. The summed E-state index contributed by atoms with van der Waals surface area (Å²) in [5, 5.41) is 3.65. The SMILES string of the molecule is CCC1(CC)COC(C)C(C)N1. The highest BCUT2D eigenvalue weighted by molar-refractivity contribution is 4.92. The normalized spacial score (nSPS) is 35.0. The Bertz CT molecular complexity index is 143. The van der Waals surface area contributed by atoms with E-state index < -0.39 is 0 Å². The van der Waals surface area contributed by atoms with Gasteiger partial charge >= 0.3 is 0 Å². The molecule has 0 bridgehead atoms. The van der Waals surface area contributed by atoms with Crippen molar-refractivity contribution in [3.8, 4) is 0 Å². The summed E-state index contributed by atoms with van der Waals surface area (Å²) in [4.78, 5) is 0. The zero-order chi connectivity index (χ0) is 9.19. The Hall–Kier alpha value is -0.0800. The second-order valence-corrected chi connectivity index (χ2v) is 3.94. The van der Waals surface area contributed by atoms with Crippen molar-refractivity contribution < 1.29 is 4.74 Å². The zero-order valence-corrected chi connectivity index (χ0v) is 8.68. The maximum atomic E-state index is 5.73. The van der Waals surface area contributed by atoms with Gasteiger partial charge in [0.05, 0.1) is 12.7 Å². The van der Waals surface area contributed by atoms with Gasteiger partial charge in [-0.1, -0.05) is 13.8 Å². The maximum absolute atomic E-state index is 5.73. The lowest BCUT2D eigenvalue weighted by Crippen LogP contribution is -2.60. The van der Waals surface area contributed by atoms with Gasteiger partial charge in [-0.3, -0.25) is 0 Å². The number of hydrogen-bond acceptors (Lipinski definition) is 2. The van der Waals surface area contributed by atoms with Gasteiger partial charge in [0.1, 0.15) is 0 Å². The van der Waals surface area contributed by atoms with Crippen LogP contribution in [-0.2, 0) is 4.74 Å². The van der Waals surface area contributed by atoms with E-state index in [9.17, 15) is 0 Å². The van der Waals surface area contributed by atoms with Crippen LogP contribution < -0.4 is 5.32 Å². The van der Waals surface area contributed by atoms with Crippen LogP contribution >= 0.6 is 0 Å². The van der Waals surface area contributed by atoms with Crippen molar-refractivity contribution in [1.82, 2.24) is 5.32 Å². The number of rotatable bonds is 2. The summed E-state index contributed by atoms with van der Waals surface area (Å²) in [6, 6.07) is 0.485. The fraction of sp³-hybridized carbons (Fsp3) is 1.00. The number of hydrogen-bond donors (Lipinski definition) is 1. The summed E-state index contributed by atoms with van der Waals surface area (Å²) in [5.41, 5.74) is 0.242. The van der Waals surface area contributed by atoms with Gasteiger partial charge in [0, 0.05) is 11.6 Å². The minimum atomic E-state index is 0.242. The molecule has 12 heavy (non-hydrogen) atoms. The maximum Gasteiger partial charge on any atom is 0.0698 e. The largest absolute Gasteiger partial charge is 0.375 e. The van der Waals surface area contributed by atoms with Crippen LogP contribution in [0, 0.1) is 0 Å². The first-order chi connectivity index (χ1) is 5.63. The molecule has 2 nitrogen and oxygen atoms in total. The predicted octanol–water partition coefficient (Wildman–Crippen LogP) is 1.94. The molecule has 2 heteroatoms. The highest BCUT2D eigenvalue weighted by Crippen LogP contribution is 2.22. The summed E-state index contributed by atoms with van der Waals surface area (Å²) >= 11 is 0. The van der Waals surface area contributed by atoms with E-state index in [0.29, 0.717) is 12.1 Å². The molecule has 1 aliphatic rings. The topological polar surface area (TPSA) is 21.3 Å². The molecule has 2 atom stereocenters. The van der Waals surface area contributed by atoms with Crippen molar-refractivity contribution >= 4 is 0 Å².